The Bertz CT molecular complexity index is 520. The van der Waals surface area contributed by atoms with Crippen molar-refractivity contribution in [3.05, 3.63) is 28.8 Å². The molecule has 22 heavy (non-hydrogen) atoms. The van der Waals surface area contributed by atoms with Gasteiger partial charge in [-0.1, -0.05) is 17.7 Å². The summed E-state index contributed by atoms with van der Waals surface area (Å²) in [6.07, 6.45) is 0.550. The zero-order chi connectivity index (χ0) is 16.7. The fourth-order valence-corrected chi connectivity index (χ4v) is 2.38. The summed E-state index contributed by atoms with van der Waals surface area (Å²) < 4.78 is 0. The highest BCUT2D eigenvalue weighted by Crippen LogP contribution is 2.22. The summed E-state index contributed by atoms with van der Waals surface area (Å²) in [6.45, 7) is 6.79. The van der Waals surface area contributed by atoms with Crippen LogP contribution in [0.4, 0.5) is 5.69 Å². The molecule has 1 rings (SSSR count). The molecule has 0 saturated heterocycles. The number of anilines is 1. The lowest BCUT2D eigenvalue weighted by Gasteiger charge is -2.16. The van der Waals surface area contributed by atoms with E-state index in [0.29, 0.717) is 19.5 Å². The Balaban J connectivity index is 2.70. The van der Waals surface area contributed by atoms with Crippen molar-refractivity contribution in [2.45, 2.75) is 39.7 Å². The summed E-state index contributed by atoms with van der Waals surface area (Å²) in [6, 6.07) is 3.06. The third kappa shape index (κ3) is 5.46. The summed E-state index contributed by atoms with van der Waals surface area (Å²) in [5.41, 5.74) is 9.18. The van der Waals surface area contributed by atoms with Gasteiger partial charge in [0.15, 0.2) is 0 Å². The van der Waals surface area contributed by atoms with Crippen molar-refractivity contribution in [2.24, 2.45) is 5.73 Å². The molecule has 0 spiro atoms. The standard InChI is InChI=1S/C16H25N3O3/c1-10-7-11(2)15(12(3)8-10)19-14(20)9-13(16(21)22)18-6-4-5-17/h7-8,13,18H,4-6,9,17H2,1-3H3,(H,19,20)(H,21,22)/t13-/m1/s1. The van der Waals surface area contributed by atoms with Crippen molar-refractivity contribution < 1.29 is 14.7 Å². The number of rotatable bonds is 8. The number of amides is 1. The molecule has 0 aliphatic carbocycles. The number of nitrogens with one attached hydrogen (secondary N) is 2. The van der Waals surface area contributed by atoms with Crippen molar-refractivity contribution in [3.63, 3.8) is 0 Å². The minimum atomic E-state index is -1.04. The van der Waals surface area contributed by atoms with Crippen LogP contribution in [0, 0.1) is 20.8 Å². The molecule has 0 saturated carbocycles. The zero-order valence-electron chi connectivity index (χ0n) is 13.4. The predicted octanol–water partition coefficient (Wildman–Crippen LogP) is 1.33. The first kappa shape index (κ1) is 18.1. The van der Waals surface area contributed by atoms with Crippen LogP contribution in [0.15, 0.2) is 12.1 Å². The number of nitrogens with two attached hydrogens (primary N) is 1. The fraction of sp³-hybridized carbons (Fsp3) is 0.500. The van der Waals surface area contributed by atoms with Gasteiger partial charge in [-0.25, -0.2) is 0 Å². The van der Waals surface area contributed by atoms with Crippen molar-refractivity contribution in [1.82, 2.24) is 5.32 Å². The van der Waals surface area contributed by atoms with E-state index < -0.39 is 12.0 Å². The average molecular weight is 307 g/mol. The molecule has 1 amide bonds. The van der Waals surface area contributed by atoms with Gasteiger partial charge in [-0.3, -0.25) is 9.59 Å². The van der Waals surface area contributed by atoms with E-state index in [-0.39, 0.29) is 12.3 Å². The van der Waals surface area contributed by atoms with Crippen LogP contribution < -0.4 is 16.4 Å². The van der Waals surface area contributed by atoms with Gasteiger partial charge in [-0.05, 0) is 51.4 Å². The highest BCUT2D eigenvalue weighted by molar-refractivity contribution is 5.95. The molecule has 0 aliphatic heterocycles. The summed E-state index contributed by atoms with van der Waals surface area (Å²) in [4.78, 5) is 23.3. The number of benzene rings is 1. The highest BCUT2D eigenvalue weighted by Gasteiger charge is 2.21. The molecular formula is C16H25N3O3. The highest BCUT2D eigenvalue weighted by atomic mass is 16.4. The SMILES string of the molecule is Cc1cc(C)c(NC(=O)C[C@@H](NCCCN)C(=O)O)c(C)c1. The third-order valence-electron chi connectivity index (χ3n) is 3.40. The number of carboxylic acid groups (broad SMARTS) is 1. The maximum Gasteiger partial charge on any atom is 0.321 e. The van der Waals surface area contributed by atoms with E-state index in [2.05, 4.69) is 10.6 Å². The average Bonchev–Trinajstić information content (AvgIpc) is 2.41. The van der Waals surface area contributed by atoms with E-state index in [0.717, 1.165) is 22.4 Å². The summed E-state index contributed by atoms with van der Waals surface area (Å²) in [7, 11) is 0. The molecule has 1 atom stereocenters. The first-order valence-corrected chi connectivity index (χ1v) is 7.39. The number of carboxylic acids is 1. The second-order valence-electron chi connectivity index (χ2n) is 5.51. The fourth-order valence-electron chi connectivity index (χ4n) is 2.38. The van der Waals surface area contributed by atoms with Crippen LogP contribution in [0.2, 0.25) is 0 Å². The molecule has 0 radical (unpaired) electrons. The minimum absolute atomic E-state index is 0.118. The van der Waals surface area contributed by atoms with Gasteiger partial charge in [0.05, 0.1) is 6.42 Å². The molecule has 6 nitrogen and oxygen atoms in total. The normalized spacial score (nSPS) is 12.0. The minimum Gasteiger partial charge on any atom is -0.480 e. The van der Waals surface area contributed by atoms with Crippen LogP contribution in [0.25, 0.3) is 0 Å². The van der Waals surface area contributed by atoms with Crippen LogP contribution in [-0.4, -0.2) is 36.1 Å². The van der Waals surface area contributed by atoms with Gasteiger partial charge < -0.3 is 21.5 Å². The van der Waals surface area contributed by atoms with Crippen LogP contribution in [-0.2, 0) is 9.59 Å². The Hall–Kier alpha value is -1.92. The lowest BCUT2D eigenvalue weighted by atomic mass is 10.0. The van der Waals surface area contributed by atoms with Crippen molar-refractivity contribution in [3.8, 4) is 0 Å². The third-order valence-corrected chi connectivity index (χ3v) is 3.40. The Morgan fingerprint density at radius 1 is 1.23 bits per heavy atom. The number of hydrogen-bond donors (Lipinski definition) is 4. The topological polar surface area (TPSA) is 104 Å². The molecular weight excluding hydrogens is 282 g/mol. The smallest absolute Gasteiger partial charge is 0.321 e. The number of aryl methyl sites for hydroxylation is 3. The Morgan fingerprint density at radius 2 is 1.82 bits per heavy atom. The van der Waals surface area contributed by atoms with Crippen LogP contribution >= 0.6 is 0 Å². The Morgan fingerprint density at radius 3 is 2.32 bits per heavy atom. The van der Waals surface area contributed by atoms with Gasteiger partial charge >= 0.3 is 5.97 Å². The van der Waals surface area contributed by atoms with E-state index in [1.54, 1.807) is 0 Å². The second-order valence-corrected chi connectivity index (χ2v) is 5.51. The lowest BCUT2D eigenvalue weighted by Crippen LogP contribution is -2.40. The van der Waals surface area contributed by atoms with Gasteiger partial charge in [0, 0.05) is 5.69 Å². The van der Waals surface area contributed by atoms with Gasteiger partial charge in [0.25, 0.3) is 0 Å². The number of carbonyl (C=O) groups is 2. The van der Waals surface area contributed by atoms with Crippen LogP contribution in [0.5, 0.6) is 0 Å². The molecule has 122 valence electrons. The van der Waals surface area contributed by atoms with Crippen LogP contribution in [0.3, 0.4) is 0 Å². The van der Waals surface area contributed by atoms with E-state index in [1.807, 2.05) is 32.9 Å². The van der Waals surface area contributed by atoms with E-state index in [9.17, 15) is 9.59 Å². The summed E-state index contributed by atoms with van der Waals surface area (Å²) in [5, 5.41) is 14.8. The first-order chi connectivity index (χ1) is 10.3. The molecule has 6 heteroatoms. The number of hydrogen-bond acceptors (Lipinski definition) is 4. The maximum absolute atomic E-state index is 12.1. The molecule has 5 N–H and O–H groups in total. The number of aliphatic carboxylic acids is 1. The molecule has 0 aliphatic rings. The van der Waals surface area contributed by atoms with Crippen molar-refractivity contribution in [2.75, 3.05) is 18.4 Å². The predicted molar refractivity (Wildman–Crippen MR) is 87.0 cm³/mol. The monoisotopic (exact) mass is 307 g/mol. The molecule has 0 bridgehead atoms. The van der Waals surface area contributed by atoms with Gasteiger partial charge in [-0.15, -0.1) is 0 Å². The molecule has 1 aromatic rings. The van der Waals surface area contributed by atoms with E-state index >= 15 is 0 Å². The van der Waals surface area contributed by atoms with Crippen molar-refractivity contribution >= 4 is 17.6 Å². The largest absolute Gasteiger partial charge is 0.480 e. The maximum atomic E-state index is 12.1. The molecule has 0 unspecified atom stereocenters. The van der Waals surface area contributed by atoms with Gasteiger partial charge in [0.1, 0.15) is 6.04 Å². The van der Waals surface area contributed by atoms with E-state index in [1.165, 1.54) is 0 Å². The van der Waals surface area contributed by atoms with Crippen LogP contribution in [0.1, 0.15) is 29.5 Å². The lowest BCUT2D eigenvalue weighted by molar-refractivity contribution is -0.141. The molecule has 0 heterocycles. The molecule has 0 fully saturated rings. The summed E-state index contributed by atoms with van der Waals surface area (Å²) >= 11 is 0. The number of carbonyl (C=O) groups excluding carboxylic acids is 1. The summed E-state index contributed by atoms with van der Waals surface area (Å²) in [5.74, 6) is -1.35. The van der Waals surface area contributed by atoms with Crippen molar-refractivity contribution in [1.29, 1.82) is 0 Å². The van der Waals surface area contributed by atoms with Gasteiger partial charge in [-0.2, -0.15) is 0 Å². The molecule has 0 aromatic heterocycles. The quantitative estimate of drug-likeness (QED) is 0.542. The van der Waals surface area contributed by atoms with E-state index in [4.69, 9.17) is 10.8 Å². The Kier molecular flexibility index (Phi) is 7.01. The second kappa shape index (κ2) is 8.51. The van der Waals surface area contributed by atoms with Gasteiger partial charge in [0.2, 0.25) is 5.91 Å². The first-order valence-electron chi connectivity index (χ1n) is 7.39. The Labute approximate surface area is 131 Å². The molecule has 1 aromatic carbocycles. The zero-order valence-corrected chi connectivity index (χ0v) is 13.4.